The third-order valence-electron chi connectivity index (χ3n) is 1.99. The zero-order chi connectivity index (χ0) is 12.1. The van der Waals surface area contributed by atoms with Gasteiger partial charge in [0.15, 0.2) is 0 Å². The van der Waals surface area contributed by atoms with Crippen molar-refractivity contribution in [1.82, 2.24) is 0 Å². The van der Waals surface area contributed by atoms with E-state index in [1.807, 2.05) is 0 Å². The molecule has 0 fully saturated rings. The summed E-state index contributed by atoms with van der Waals surface area (Å²) in [5.41, 5.74) is 0.298. The number of nitro benzene ring substituents is 1. The molecule has 82 valence electrons. The summed E-state index contributed by atoms with van der Waals surface area (Å²) >= 11 is 0. The van der Waals surface area contributed by atoms with Crippen molar-refractivity contribution < 1.29 is 9.85 Å². The van der Waals surface area contributed by atoms with Gasteiger partial charge in [0.05, 0.1) is 11.0 Å². The highest BCUT2D eigenvalue weighted by Crippen LogP contribution is 2.19. The van der Waals surface area contributed by atoms with Crippen molar-refractivity contribution in [3.63, 3.8) is 0 Å². The van der Waals surface area contributed by atoms with Gasteiger partial charge in [-0.15, -0.1) is 0 Å². The van der Waals surface area contributed by atoms with E-state index >= 15 is 0 Å². The average Bonchev–Trinajstić information content (AvgIpc) is 2.25. The molecule has 1 unspecified atom stereocenters. The summed E-state index contributed by atoms with van der Waals surface area (Å²) in [7, 11) is 0. The van der Waals surface area contributed by atoms with Gasteiger partial charge in [-0.2, -0.15) is 5.26 Å². The Labute approximate surface area is 90.2 Å². The van der Waals surface area contributed by atoms with Gasteiger partial charge in [-0.1, -0.05) is 12.1 Å². The Morgan fingerprint density at radius 2 is 1.81 bits per heavy atom. The van der Waals surface area contributed by atoms with Gasteiger partial charge in [-0.05, 0) is 5.56 Å². The van der Waals surface area contributed by atoms with Crippen LogP contribution in [0.4, 0.5) is 5.69 Å². The standard InChI is InChI=1S/C9H7N3O4/c10-5-8(6-11(13)14)7-1-3-9(4-2-7)12(15)16/h1-4,8H,6H2. The maximum Gasteiger partial charge on any atom is 0.269 e. The molecule has 1 aromatic carbocycles. The average molecular weight is 221 g/mol. The monoisotopic (exact) mass is 221 g/mol. The molecule has 1 atom stereocenters. The van der Waals surface area contributed by atoms with Gasteiger partial charge >= 0.3 is 0 Å². The first-order valence-electron chi connectivity index (χ1n) is 4.30. The topological polar surface area (TPSA) is 110 Å². The van der Waals surface area contributed by atoms with E-state index in [-0.39, 0.29) is 5.69 Å². The highest BCUT2D eigenvalue weighted by molar-refractivity contribution is 5.36. The lowest BCUT2D eigenvalue weighted by molar-refractivity contribution is -0.481. The van der Waals surface area contributed by atoms with Gasteiger partial charge in [-0.3, -0.25) is 20.2 Å². The molecule has 0 bridgehead atoms. The van der Waals surface area contributed by atoms with Crippen LogP contribution >= 0.6 is 0 Å². The highest BCUT2D eigenvalue weighted by atomic mass is 16.6. The molecule has 0 saturated carbocycles. The number of nitriles is 1. The molecule has 0 amide bonds. The van der Waals surface area contributed by atoms with Gasteiger partial charge in [0.1, 0.15) is 5.92 Å². The minimum Gasteiger partial charge on any atom is -0.264 e. The Bertz CT molecular complexity index is 449. The summed E-state index contributed by atoms with van der Waals surface area (Å²) in [5, 5.41) is 29.3. The van der Waals surface area contributed by atoms with Gasteiger partial charge < -0.3 is 0 Å². The minimum atomic E-state index is -0.879. The number of hydrogen-bond donors (Lipinski definition) is 0. The van der Waals surface area contributed by atoms with Crippen molar-refractivity contribution in [2.45, 2.75) is 5.92 Å². The van der Waals surface area contributed by atoms with E-state index in [9.17, 15) is 20.2 Å². The quantitative estimate of drug-likeness (QED) is 0.564. The molecule has 0 aromatic heterocycles. The summed E-state index contributed by atoms with van der Waals surface area (Å²) in [6, 6.07) is 6.94. The van der Waals surface area contributed by atoms with Crippen LogP contribution in [-0.4, -0.2) is 16.4 Å². The molecule has 7 nitrogen and oxygen atoms in total. The van der Waals surface area contributed by atoms with Crippen LogP contribution in [0.5, 0.6) is 0 Å². The number of benzene rings is 1. The van der Waals surface area contributed by atoms with Crippen LogP contribution in [0.2, 0.25) is 0 Å². The Hall–Kier alpha value is -2.49. The van der Waals surface area contributed by atoms with E-state index in [4.69, 9.17) is 5.26 Å². The molecule has 7 heteroatoms. The zero-order valence-electron chi connectivity index (χ0n) is 8.07. The summed E-state index contributed by atoms with van der Waals surface area (Å²) in [4.78, 5) is 19.5. The third kappa shape index (κ3) is 2.75. The number of nitrogens with zero attached hydrogens (tertiary/aromatic N) is 3. The van der Waals surface area contributed by atoms with E-state index in [2.05, 4.69) is 0 Å². The smallest absolute Gasteiger partial charge is 0.264 e. The fraction of sp³-hybridized carbons (Fsp3) is 0.222. The Balaban J connectivity index is 2.91. The van der Waals surface area contributed by atoms with Crippen molar-refractivity contribution in [2.75, 3.05) is 6.54 Å². The van der Waals surface area contributed by atoms with Crippen LogP contribution in [0.3, 0.4) is 0 Å². The maximum absolute atomic E-state index is 10.4. The van der Waals surface area contributed by atoms with Crippen LogP contribution in [0, 0.1) is 31.6 Å². The number of hydrogen-bond acceptors (Lipinski definition) is 5. The Morgan fingerprint density at radius 3 is 2.19 bits per heavy atom. The molecule has 1 rings (SSSR count). The van der Waals surface area contributed by atoms with E-state index in [1.54, 1.807) is 6.07 Å². The lowest BCUT2D eigenvalue weighted by Crippen LogP contribution is -2.10. The van der Waals surface area contributed by atoms with E-state index in [0.717, 1.165) is 0 Å². The summed E-state index contributed by atoms with van der Waals surface area (Å²) in [6.45, 7) is -0.506. The fourth-order valence-electron chi connectivity index (χ4n) is 1.20. The van der Waals surface area contributed by atoms with Crippen molar-refractivity contribution in [2.24, 2.45) is 0 Å². The van der Waals surface area contributed by atoms with Gasteiger partial charge in [0.25, 0.3) is 5.69 Å². The number of non-ortho nitro benzene ring substituents is 1. The second kappa shape index (κ2) is 4.84. The van der Waals surface area contributed by atoms with E-state index < -0.39 is 22.3 Å². The lowest BCUT2D eigenvalue weighted by atomic mass is 10.0. The first-order valence-corrected chi connectivity index (χ1v) is 4.30. The predicted molar refractivity (Wildman–Crippen MR) is 53.3 cm³/mol. The zero-order valence-corrected chi connectivity index (χ0v) is 8.07. The van der Waals surface area contributed by atoms with E-state index in [0.29, 0.717) is 5.56 Å². The molecule has 0 aliphatic carbocycles. The molecule has 1 aromatic rings. The largest absolute Gasteiger partial charge is 0.269 e. The molecule has 16 heavy (non-hydrogen) atoms. The van der Waals surface area contributed by atoms with Gasteiger partial charge in [0.2, 0.25) is 6.54 Å². The molecule has 0 N–H and O–H groups in total. The summed E-state index contributed by atoms with van der Waals surface area (Å²) < 4.78 is 0. The predicted octanol–water partition coefficient (Wildman–Crippen LogP) is 1.48. The molecule has 0 heterocycles. The normalized spacial score (nSPS) is 11.4. The van der Waals surface area contributed by atoms with Crippen LogP contribution in [0.15, 0.2) is 24.3 Å². The Kier molecular flexibility index (Phi) is 3.50. The fourth-order valence-corrected chi connectivity index (χ4v) is 1.20. The lowest BCUT2D eigenvalue weighted by Gasteiger charge is -2.03. The van der Waals surface area contributed by atoms with Gasteiger partial charge in [-0.25, -0.2) is 0 Å². The molecule has 0 saturated heterocycles. The molecule has 0 aliphatic heterocycles. The molecule has 0 aliphatic rings. The number of rotatable bonds is 4. The van der Waals surface area contributed by atoms with Crippen LogP contribution in [0.25, 0.3) is 0 Å². The van der Waals surface area contributed by atoms with Crippen molar-refractivity contribution in [3.8, 4) is 6.07 Å². The van der Waals surface area contributed by atoms with Crippen LogP contribution in [-0.2, 0) is 0 Å². The second-order valence-corrected chi connectivity index (χ2v) is 3.05. The first-order chi connectivity index (χ1) is 7.54. The molecular formula is C9H7N3O4. The third-order valence-corrected chi connectivity index (χ3v) is 1.99. The highest BCUT2D eigenvalue weighted by Gasteiger charge is 2.17. The van der Waals surface area contributed by atoms with Crippen LogP contribution in [0.1, 0.15) is 11.5 Å². The first kappa shape index (κ1) is 11.6. The SMILES string of the molecule is N#CC(C[N+](=O)[O-])c1ccc([N+](=O)[O-])cc1. The summed E-state index contributed by atoms with van der Waals surface area (Å²) in [5.74, 6) is -0.879. The van der Waals surface area contributed by atoms with Crippen molar-refractivity contribution in [3.05, 3.63) is 50.1 Å². The maximum atomic E-state index is 10.4. The number of nitro groups is 2. The van der Waals surface area contributed by atoms with Crippen molar-refractivity contribution in [1.29, 1.82) is 5.26 Å². The minimum absolute atomic E-state index is 0.110. The summed E-state index contributed by atoms with van der Waals surface area (Å²) in [6.07, 6.45) is 0. The Morgan fingerprint density at radius 1 is 1.25 bits per heavy atom. The van der Waals surface area contributed by atoms with Gasteiger partial charge in [0, 0.05) is 17.1 Å². The van der Waals surface area contributed by atoms with Crippen molar-refractivity contribution >= 4 is 5.69 Å². The van der Waals surface area contributed by atoms with Crippen LogP contribution < -0.4 is 0 Å². The molecule has 0 radical (unpaired) electrons. The molecular weight excluding hydrogens is 214 g/mol. The molecule has 0 spiro atoms. The second-order valence-electron chi connectivity index (χ2n) is 3.05. The van der Waals surface area contributed by atoms with E-state index in [1.165, 1.54) is 24.3 Å².